The van der Waals surface area contributed by atoms with Gasteiger partial charge in [0.2, 0.25) is 0 Å². The third kappa shape index (κ3) is 5.67. The molecule has 6 nitrogen and oxygen atoms in total. The summed E-state index contributed by atoms with van der Waals surface area (Å²) in [5.74, 6) is -1.09. The van der Waals surface area contributed by atoms with E-state index in [1.54, 1.807) is 33.2 Å². The maximum atomic E-state index is 15.0. The van der Waals surface area contributed by atoms with Gasteiger partial charge in [-0.25, -0.2) is 4.39 Å². The molecule has 0 bridgehead atoms. The highest BCUT2D eigenvalue weighted by Gasteiger charge is 2.27. The normalized spacial score (nSPS) is 18.7. The molecule has 2 aromatic carbocycles. The summed E-state index contributed by atoms with van der Waals surface area (Å²) < 4.78 is 20.3. The molecule has 4 N–H and O–H groups in total. The van der Waals surface area contributed by atoms with Crippen LogP contribution >= 0.6 is 0 Å². The van der Waals surface area contributed by atoms with Crippen LogP contribution in [0.1, 0.15) is 51.5 Å². The van der Waals surface area contributed by atoms with Crippen LogP contribution in [0.4, 0.5) is 4.39 Å². The van der Waals surface area contributed by atoms with Gasteiger partial charge in [-0.1, -0.05) is 24.3 Å². The van der Waals surface area contributed by atoms with E-state index in [0.717, 1.165) is 27.8 Å². The summed E-state index contributed by atoms with van der Waals surface area (Å²) in [5.41, 5.74) is 5.30. The second-order valence-corrected chi connectivity index (χ2v) is 8.50. The second kappa shape index (κ2) is 10.7. The van der Waals surface area contributed by atoms with Crippen molar-refractivity contribution in [1.29, 1.82) is 5.41 Å². The molecule has 1 amide bonds. The molecular formula is C26H32FN3O3. The zero-order valence-electron chi connectivity index (χ0n) is 19.6. The van der Waals surface area contributed by atoms with Gasteiger partial charge in [0, 0.05) is 31.1 Å². The summed E-state index contributed by atoms with van der Waals surface area (Å²) in [4.78, 5) is 12.8. The monoisotopic (exact) mass is 453 g/mol. The van der Waals surface area contributed by atoms with E-state index in [1.807, 2.05) is 31.2 Å². The maximum Gasteiger partial charge on any atom is 0.254 e. The molecule has 0 aromatic heterocycles. The average Bonchev–Trinajstić information content (AvgIpc) is 2.79. The molecule has 1 aliphatic heterocycles. The standard InChI is InChI=1S/C26H32FN3O3/c1-15-16(2)25(27)21(26(32)30-23-14-33-10-9-24(23)31)12-20(15)11-18-5-7-19(8-6-18)22(13-29-4)17(3)28/h5-8,12-13,23-24,28-29,31H,9-11,14H2,1-4H3,(H,30,32)/b22-13+,28-17?/t23-,24-/m0/s1. The molecule has 1 fully saturated rings. The molecule has 33 heavy (non-hydrogen) atoms. The van der Waals surface area contributed by atoms with Crippen molar-refractivity contribution in [2.45, 2.75) is 45.8 Å². The maximum absolute atomic E-state index is 15.0. The minimum atomic E-state index is -0.707. The number of amides is 1. The van der Waals surface area contributed by atoms with Crippen LogP contribution < -0.4 is 10.6 Å². The topological polar surface area (TPSA) is 94.4 Å². The Morgan fingerprint density at radius 1 is 1.27 bits per heavy atom. The number of aliphatic hydroxyl groups is 1. The Morgan fingerprint density at radius 2 is 1.97 bits per heavy atom. The Kier molecular flexibility index (Phi) is 8.00. The van der Waals surface area contributed by atoms with Gasteiger partial charge in [0.1, 0.15) is 5.82 Å². The van der Waals surface area contributed by atoms with Crippen molar-refractivity contribution < 1.29 is 19.0 Å². The lowest BCUT2D eigenvalue weighted by Gasteiger charge is -2.28. The summed E-state index contributed by atoms with van der Waals surface area (Å²) in [7, 11) is 1.80. The van der Waals surface area contributed by atoms with Gasteiger partial charge in [0.15, 0.2) is 0 Å². The fraction of sp³-hybridized carbons (Fsp3) is 0.385. The average molecular weight is 454 g/mol. The summed E-state index contributed by atoms with van der Waals surface area (Å²) in [6.45, 7) is 5.92. The highest BCUT2D eigenvalue weighted by atomic mass is 19.1. The lowest BCUT2D eigenvalue weighted by atomic mass is 9.92. The molecular weight excluding hydrogens is 421 g/mol. The van der Waals surface area contributed by atoms with Crippen molar-refractivity contribution in [3.63, 3.8) is 0 Å². The van der Waals surface area contributed by atoms with Gasteiger partial charge in [0.25, 0.3) is 5.91 Å². The zero-order valence-corrected chi connectivity index (χ0v) is 19.6. The van der Waals surface area contributed by atoms with E-state index in [1.165, 1.54) is 0 Å². The number of hydrogen-bond donors (Lipinski definition) is 4. The largest absolute Gasteiger partial charge is 0.393 e. The second-order valence-electron chi connectivity index (χ2n) is 8.50. The number of ether oxygens (including phenoxy) is 1. The number of nitrogens with one attached hydrogen (secondary N) is 3. The fourth-order valence-corrected chi connectivity index (χ4v) is 3.99. The van der Waals surface area contributed by atoms with Gasteiger partial charge in [-0.3, -0.25) is 4.79 Å². The first-order valence-electron chi connectivity index (χ1n) is 11.1. The Balaban J connectivity index is 1.85. The smallest absolute Gasteiger partial charge is 0.254 e. The van der Waals surface area contributed by atoms with E-state index in [4.69, 9.17) is 10.1 Å². The predicted octanol–water partition coefficient (Wildman–Crippen LogP) is 3.51. The lowest BCUT2D eigenvalue weighted by Crippen LogP contribution is -2.49. The number of halogens is 1. The first-order chi connectivity index (χ1) is 15.7. The van der Waals surface area contributed by atoms with Crippen LogP contribution in [0.5, 0.6) is 0 Å². The molecule has 1 heterocycles. The Labute approximate surface area is 194 Å². The predicted molar refractivity (Wildman–Crippen MR) is 128 cm³/mol. The quantitative estimate of drug-likeness (QED) is 0.483. The minimum absolute atomic E-state index is 0.0267. The summed E-state index contributed by atoms with van der Waals surface area (Å²) in [5, 5.41) is 23.8. The van der Waals surface area contributed by atoms with Crippen LogP contribution in [-0.2, 0) is 11.2 Å². The molecule has 0 unspecified atom stereocenters. The number of hydrogen-bond acceptors (Lipinski definition) is 5. The van der Waals surface area contributed by atoms with Crippen LogP contribution in [-0.4, -0.2) is 49.1 Å². The number of carbonyl (C=O) groups excluding carboxylic acids is 1. The van der Waals surface area contributed by atoms with E-state index in [0.29, 0.717) is 30.7 Å². The van der Waals surface area contributed by atoms with Crippen molar-refractivity contribution in [3.05, 3.63) is 75.7 Å². The Bertz CT molecular complexity index is 1060. The van der Waals surface area contributed by atoms with Crippen molar-refractivity contribution in [1.82, 2.24) is 10.6 Å². The number of rotatable bonds is 7. The number of allylic oxidation sites excluding steroid dienone is 1. The highest BCUT2D eigenvalue weighted by molar-refractivity contribution is 6.21. The first kappa shape index (κ1) is 24.6. The van der Waals surface area contributed by atoms with Crippen LogP contribution in [0, 0.1) is 25.1 Å². The molecule has 176 valence electrons. The Morgan fingerprint density at radius 3 is 2.58 bits per heavy atom. The molecule has 0 spiro atoms. The van der Waals surface area contributed by atoms with Gasteiger partial charge in [-0.05, 0) is 67.5 Å². The van der Waals surface area contributed by atoms with Gasteiger partial charge in [-0.2, -0.15) is 0 Å². The lowest BCUT2D eigenvalue weighted by molar-refractivity contribution is -0.0140. The number of carbonyl (C=O) groups is 1. The summed E-state index contributed by atoms with van der Waals surface area (Å²) in [6, 6.07) is 8.93. The molecule has 0 aliphatic carbocycles. The van der Waals surface area contributed by atoms with Gasteiger partial charge in [-0.15, -0.1) is 0 Å². The zero-order chi connectivity index (χ0) is 24.1. The van der Waals surface area contributed by atoms with Crippen molar-refractivity contribution in [2.24, 2.45) is 0 Å². The third-order valence-electron chi connectivity index (χ3n) is 6.16. The van der Waals surface area contributed by atoms with Crippen molar-refractivity contribution >= 4 is 17.2 Å². The van der Waals surface area contributed by atoms with E-state index < -0.39 is 23.9 Å². The molecule has 1 aliphatic rings. The molecule has 0 saturated carbocycles. The van der Waals surface area contributed by atoms with E-state index in [9.17, 15) is 14.3 Å². The number of benzene rings is 2. The van der Waals surface area contributed by atoms with Crippen molar-refractivity contribution in [2.75, 3.05) is 20.3 Å². The van der Waals surface area contributed by atoms with Crippen LogP contribution in [0.15, 0.2) is 36.5 Å². The molecule has 0 radical (unpaired) electrons. The summed E-state index contributed by atoms with van der Waals surface area (Å²) in [6.07, 6.45) is 2.06. The van der Waals surface area contributed by atoms with Crippen LogP contribution in [0.25, 0.3) is 5.57 Å². The van der Waals surface area contributed by atoms with Gasteiger partial charge < -0.3 is 25.9 Å². The van der Waals surface area contributed by atoms with Gasteiger partial charge >= 0.3 is 0 Å². The van der Waals surface area contributed by atoms with Crippen molar-refractivity contribution in [3.8, 4) is 0 Å². The molecule has 3 rings (SSSR count). The third-order valence-corrected chi connectivity index (χ3v) is 6.16. The van der Waals surface area contributed by atoms with E-state index in [2.05, 4.69) is 10.6 Å². The van der Waals surface area contributed by atoms with Crippen LogP contribution in [0.3, 0.4) is 0 Å². The molecule has 1 saturated heterocycles. The number of aliphatic hydroxyl groups excluding tert-OH is 1. The minimum Gasteiger partial charge on any atom is -0.393 e. The SMILES string of the molecule is CN/C=C(\C(C)=N)c1ccc(Cc2cc(C(=O)N[C@H]3COCC[C@@H]3O)c(F)c(C)c2C)cc1. The summed E-state index contributed by atoms with van der Waals surface area (Å²) >= 11 is 0. The fourth-order valence-electron chi connectivity index (χ4n) is 3.99. The molecule has 2 aromatic rings. The Hall–Kier alpha value is -3.03. The van der Waals surface area contributed by atoms with E-state index >= 15 is 0 Å². The molecule has 7 heteroatoms. The first-order valence-corrected chi connectivity index (χ1v) is 11.1. The molecule has 2 atom stereocenters. The highest BCUT2D eigenvalue weighted by Crippen LogP contribution is 2.25. The van der Waals surface area contributed by atoms with Gasteiger partial charge in [0.05, 0.1) is 24.3 Å². The van der Waals surface area contributed by atoms with Crippen LogP contribution in [0.2, 0.25) is 0 Å². The van der Waals surface area contributed by atoms with E-state index in [-0.39, 0.29) is 12.2 Å².